The third-order valence-electron chi connectivity index (χ3n) is 2.04. The van der Waals surface area contributed by atoms with Crippen LogP contribution in [-0.2, 0) is 14.3 Å². The molecule has 1 amide bonds. The first-order valence-electron chi connectivity index (χ1n) is 4.33. The highest BCUT2D eigenvalue weighted by molar-refractivity contribution is 6.38. The minimum atomic E-state index is -0.778. The summed E-state index contributed by atoms with van der Waals surface area (Å²) in [4.78, 5) is 23.8. The number of rotatable bonds is 1. The molecule has 0 N–H and O–H groups in total. The number of cyclic esters (lactones) is 1. The number of nitrogens with zero attached hydrogens (tertiary/aromatic N) is 1. The van der Waals surface area contributed by atoms with Gasteiger partial charge in [0.25, 0.3) is 0 Å². The predicted octanol–water partition coefficient (Wildman–Crippen LogP) is 0.576. The number of amides is 1. The van der Waals surface area contributed by atoms with E-state index in [2.05, 4.69) is 4.74 Å². The van der Waals surface area contributed by atoms with Crippen molar-refractivity contribution in [2.45, 2.75) is 0 Å². The largest absolute Gasteiger partial charge is 0.457 e. The van der Waals surface area contributed by atoms with Crippen molar-refractivity contribution in [2.24, 2.45) is 0 Å². The van der Waals surface area contributed by atoms with Crippen LogP contribution in [-0.4, -0.2) is 25.0 Å². The Morgan fingerprint density at radius 2 is 1.86 bits per heavy atom. The van der Waals surface area contributed by atoms with Gasteiger partial charge in [-0.25, -0.2) is 4.79 Å². The van der Waals surface area contributed by atoms with Gasteiger partial charge < -0.3 is 4.74 Å². The number of carbonyl (C=O) groups is 2. The SMILES string of the molecule is O=C1OCCN(c2ccccc2)C1=O. The van der Waals surface area contributed by atoms with Gasteiger partial charge in [0.05, 0.1) is 6.54 Å². The zero-order valence-corrected chi connectivity index (χ0v) is 7.47. The maximum absolute atomic E-state index is 11.4. The topological polar surface area (TPSA) is 46.6 Å². The Balaban J connectivity index is 2.26. The summed E-state index contributed by atoms with van der Waals surface area (Å²) in [6, 6.07) is 9.08. The molecule has 0 saturated carbocycles. The standard InChI is InChI=1S/C10H9NO3/c12-9-10(13)14-7-6-11(9)8-4-2-1-3-5-8/h1-5H,6-7H2. The monoisotopic (exact) mass is 191 g/mol. The van der Waals surface area contributed by atoms with Crippen LogP contribution in [0.15, 0.2) is 30.3 Å². The number of morpholine rings is 1. The summed E-state index contributed by atoms with van der Waals surface area (Å²) in [5, 5.41) is 0. The first-order valence-corrected chi connectivity index (χ1v) is 4.33. The molecule has 0 aromatic heterocycles. The van der Waals surface area contributed by atoms with Gasteiger partial charge in [-0.15, -0.1) is 0 Å². The summed E-state index contributed by atoms with van der Waals surface area (Å²) in [5.74, 6) is -1.37. The van der Waals surface area contributed by atoms with E-state index in [0.29, 0.717) is 6.54 Å². The Labute approximate surface area is 81.1 Å². The summed E-state index contributed by atoms with van der Waals surface area (Å²) >= 11 is 0. The number of benzene rings is 1. The van der Waals surface area contributed by atoms with E-state index >= 15 is 0 Å². The molecular formula is C10H9NO3. The average molecular weight is 191 g/mol. The lowest BCUT2D eigenvalue weighted by Gasteiger charge is -2.25. The molecule has 14 heavy (non-hydrogen) atoms. The molecule has 4 heteroatoms. The smallest absolute Gasteiger partial charge is 0.397 e. The third-order valence-corrected chi connectivity index (χ3v) is 2.04. The van der Waals surface area contributed by atoms with Crippen molar-refractivity contribution in [1.29, 1.82) is 0 Å². The van der Waals surface area contributed by atoms with Crippen LogP contribution >= 0.6 is 0 Å². The Kier molecular flexibility index (Phi) is 2.18. The molecule has 1 aliphatic heterocycles. The van der Waals surface area contributed by atoms with Gasteiger partial charge in [0.1, 0.15) is 6.61 Å². The van der Waals surface area contributed by atoms with Gasteiger partial charge in [-0.05, 0) is 12.1 Å². The summed E-state index contributed by atoms with van der Waals surface area (Å²) in [7, 11) is 0. The van der Waals surface area contributed by atoms with E-state index in [1.54, 1.807) is 12.1 Å². The van der Waals surface area contributed by atoms with Crippen LogP contribution in [0.4, 0.5) is 5.69 Å². The molecule has 1 fully saturated rings. The van der Waals surface area contributed by atoms with Crippen LogP contribution in [0.2, 0.25) is 0 Å². The van der Waals surface area contributed by atoms with Crippen LogP contribution in [0.1, 0.15) is 0 Å². The molecule has 0 atom stereocenters. The summed E-state index contributed by atoms with van der Waals surface area (Å²) in [6.07, 6.45) is 0. The molecule has 1 aromatic rings. The number of esters is 1. The molecule has 1 aromatic carbocycles. The summed E-state index contributed by atoms with van der Waals surface area (Å²) in [6.45, 7) is 0.689. The number of hydrogen-bond acceptors (Lipinski definition) is 3. The molecular weight excluding hydrogens is 182 g/mol. The van der Waals surface area contributed by atoms with Crippen molar-refractivity contribution < 1.29 is 14.3 Å². The fourth-order valence-corrected chi connectivity index (χ4v) is 1.36. The highest BCUT2D eigenvalue weighted by Crippen LogP contribution is 2.15. The van der Waals surface area contributed by atoms with E-state index in [1.165, 1.54) is 4.90 Å². The Bertz CT molecular complexity index is 361. The average Bonchev–Trinajstić information content (AvgIpc) is 2.23. The van der Waals surface area contributed by atoms with Crippen molar-refractivity contribution in [2.75, 3.05) is 18.1 Å². The highest BCUT2D eigenvalue weighted by atomic mass is 16.5. The summed E-state index contributed by atoms with van der Waals surface area (Å²) in [5.41, 5.74) is 0.731. The van der Waals surface area contributed by atoms with Gasteiger partial charge in [0.15, 0.2) is 0 Å². The molecule has 0 spiro atoms. The first kappa shape index (κ1) is 8.74. The quantitative estimate of drug-likeness (QED) is 0.481. The zero-order chi connectivity index (χ0) is 9.97. The number of anilines is 1. The molecule has 0 bridgehead atoms. The van der Waals surface area contributed by atoms with E-state index in [9.17, 15) is 9.59 Å². The lowest BCUT2D eigenvalue weighted by molar-refractivity contribution is -0.156. The van der Waals surface area contributed by atoms with Crippen molar-refractivity contribution >= 4 is 17.6 Å². The Hall–Kier alpha value is -1.84. The van der Waals surface area contributed by atoms with Gasteiger partial charge in [-0.3, -0.25) is 9.69 Å². The minimum absolute atomic E-state index is 0.263. The van der Waals surface area contributed by atoms with Gasteiger partial charge >= 0.3 is 11.9 Å². The predicted molar refractivity (Wildman–Crippen MR) is 49.8 cm³/mol. The molecule has 4 nitrogen and oxygen atoms in total. The second-order valence-electron chi connectivity index (χ2n) is 2.93. The van der Waals surface area contributed by atoms with Crippen molar-refractivity contribution in [3.8, 4) is 0 Å². The van der Waals surface area contributed by atoms with Gasteiger partial charge in [0, 0.05) is 5.69 Å². The number of para-hydroxylation sites is 1. The lowest BCUT2D eigenvalue weighted by atomic mass is 10.2. The maximum atomic E-state index is 11.4. The van der Waals surface area contributed by atoms with Crippen LogP contribution < -0.4 is 4.90 Å². The second-order valence-corrected chi connectivity index (χ2v) is 2.93. The fourth-order valence-electron chi connectivity index (χ4n) is 1.36. The van der Waals surface area contributed by atoms with Crippen molar-refractivity contribution in [3.63, 3.8) is 0 Å². The van der Waals surface area contributed by atoms with E-state index in [-0.39, 0.29) is 6.61 Å². The van der Waals surface area contributed by atoms with E-state index in [0.717, 1.165) is 5.69 Å². The highest BCUT2D eigenvalue weighted by Gasteiger charge is 2.28. The van der Waals surface area contributed by atoms with Crippen LogP contribution in [0.5, 0.6) is 0 Å². The molecule has 1 aliphatic rings. The van der Waals surface area contributed by atoms with Crippen LogP contribution in [0.3, 0.4) is 0 Å². The summed E-state index contributed by atoms with van der Waals surface area (Å²) < 4.78 is 4.61. The van der Waals surface area contributed by atoms with Crippen molar-refractivity contribution in [1.82, 2.24) is 0 Å². The van der Waals surface area contributed by atoms with Gasteiger partial charge in [0.2, 0.25) is 0 Å². The van der Waals surface area contributed by atoms with E-state index in [4.69, 9.17) is 0 Å². The Morgan fingerprint density at radius 3 is 2.57 bits per heavy atom. The fraction of sp³-hybridized carbons (Fsp3) is 0.200. The third kappa shape index (κ3) is 1.46. The second kappa shape index (κ2) is 3.49. The maximum Gasteiger partial charge on any atom is 0.397 e. The molecule has 72 valence electrons. The van der Waals surface area contributed by atoms with E-state index < -0.39 is 11.9 Å². The van der Waals surface area contributed by atoms with Crippen molar-refractivity contribution in [3.05, 3.63) is 30.3 Å². The van der Waals surface area contributed by atoms with Gasteiger partial charge in [-0.1, -0.05) is 18.2 Å². The zero-order valence-electron chi connectivity index (χ0n) is 7.47. The molecule has 1 heterocycles. The Morgan fingerprint density at radius 1 is 1.14 bits per heavy atom. The van der Waals surface area contributed by atoms with E-state index in [1.807, 2.05) is 18.2 Å². The number of hydrogen-bond donors (Lipinski definition) is 0. The molecule has 2 rings (SSSR count). The normalized spacial score (nSPS) is 16.7. The molecule has 0 radical (unpaired) electrons. The minimum Gasteiger partial charge on any atom is -0.457 e. The lowest BCUT2D eigenvalue weighted by Crippen LogP contribution is -2.45. The molecule has 1 saturated heterocycles. The molecule has 0 aliphatic carbocycles. The number of carbonyl (C=O) groups excluding carboxylic acids is 2. The van der Waals surface area contributed by atoms with Crippen LogP contribution in [0, 0.1) is 0 Å². The first-order chi connectivity index (χ1) is 6.79. The van der Waals surface area contributed by atoms with Crippen LogP contribution in [0.25, 0.3) is 0 Å². The molecule has 0 unspecified atom stereocenters. The number of ether oxygens (including phenoxy) is 1. The van der Waals surface area contributed by atoms with Gasteiger partial charge in [-0.2, -0.15) is 0 Å².